The minimum atomic E-state index is -4.39. The van der Waals surface area contributed by atoms with E-state index in [-0.39, 0.29) is 12.5 Å². The Morgan fingerprint density at radius 1 is 0.978 bits per heavy atom. The molecule has 45 heavy (non-hydrogen) atoms. The lowest BCUT2D eigenvalue weighted by Gasteiger charge is -2.27. The number of hydrogen-bond donors (Lipinski definition) is 0. The van der Waals surface area contributed by atoms with Crippen molar-refractivity contribution >= 4 is 40.6 Å². The van der Waals surface area contributed by atoms with E-state index in [0.717, 1.165) is 41.9 Å². The SMILES string of the molecule is CCc1nn(CC(=O)N(CCN(CC)CC)Cc2ccc(-c3ccc(C(F)(F)F)cc3)cc2)c(SCc2csc(Cl)c2)nc1=O. The normalized spacial score (nSPS) is 11.7. The van der Waals surface area contributed by atoms with Gasteiger partial charge in [-0.3, -0.25) is 9.59 Å². The summed E-state index contributed by atoms with van der Waals surface area (Å²) in [6.45, 7) is 9.06. The van der Waals surface area contributed by atoms with Crippen LogP contribution in [0.25, 0.3) is 11.1 Å². The minimum Gasteiger partial charge on any atom is -0.335 e. The fraction of sp³-hybridized carbons (Fsp3) is 0.375. The largest absolute Gasteiger partial charge is 0.416 e. The maximum Gasteiger partial charge on any atom is 0.416 e. The van der Waals surface area contributed by atoms with Crippen molar-refractivity contribution in [3.63, 3.8) is 0 Å². The van der Waals surface area contributed by atoms with Gasteiger partial charge in [0, 0.05) is 25.4 Å². The lowest BCUT2D eigenvalue weighted by molar-refractivity contribution is -0.137. The minimum absolute atomic E-state index is 0.0884. The zero-order valence-corrected chi connectivity index (χ0v) is 27.7. The molecule has 2 heterocycles. The van der Waals surface area contributed by atoms with Crippen LogP contribution in [-0.2, 0) is 36.2 Å². The van der Waals surface area contributed by atoms with Crippen LogP contribution in [-0.4, -0.2) is 56.7 Å². The summed E-state index contributed by atoms with van der Waals surface area (Å²) < 4.78 is 41.1. The summed E-state index contributed by atoms with van der Waals surface area (Å²) in [5.74, 6) is 0.350. The summed E-state index contributed by atoms with van der Waals surface area (Å²) >= 11 is 8.83. The highest BCUT2D eigenvalue weighted by Crippen LogP contribution is 2.31. The molecule has 0 bridgehead atoms. The van der Waals surface area contributed by atoms with Crippen molar-refractivity contribution in [1.82, 2.24) is 24.6 Å². The summed E-state index contributed by atoms with van der Waals surface area (Å²) in [6, 6.07) is 14.4. The van der Waals surface area contributed by atoms with Gasteiger partial charge in [-0.25, -0.2) is 4.68 Å². The van der Waals surface area contributed by atoms with E-state index in [4.69, 9.17) is 11.6 Å². The quantitative estimate of drug-likeness (QED) is 0.131. The maximum absolute atomic E-state index is 13.8. The number of likely N-dealkylation sites (N-methyl/N-ethyl adjacent to an activating group) is 1. The molecule has 0 atom stereocenters. The number of alkyl halides is 3. The monoisotopic (exact) mass is 677 g/mol. The van der Waals surface area contributed by atoms with Crippen molar-refractivity contribution in [3.8, 4) is 11.1 Å². The standard InChI is InChI=1S/C32H35ClF3N5O2S2/c1-4-27-30(43)37-31(45-21-23-17-28(33)44-20-23)41(38-27)19-29(42)40(16-15-39(5-2)6-3)18-22-7-9-24(10-8-22)25-11-13-26(14-12-25)32(34,35)36/h7-14,17,20H,4-6,15-16,18-19,21H2,1-3H3. The number of nitrogens with zero attached hydrogens (tertiary/aromatic N) is 5. The Morgan fingerprint density at radius 3 is 2.18 bits per heavy atom. The van der Waals surface area contributed by atoms with E-state index in [2.05, 4.69) is 28.8 Å². The molecule has 0 spiro atoms. The van der Waals surface area contributed by atoms with Gasteiger partial charge in [0.05, 0.1) is 9.90 Å². The second-order valence-electron chi connectivity index (χ2n) is 10.3. The predicted molar refractivity (Wildman–Crippen MR) is 175 cm³/mol. The van der Waals surface area contributed by atoms with E-state index in [1.807, 2.05) is 42.6 Å². The van der Waals surface area contributed by atoms with Crippen molar-refractivity contribution in [1.29, 1.82) is 0 Å². The molecule has 2 aromatic carbocycles. The molecule has 0 unspecified atom stereocenters. The molecular formula is C32H35ClF3N5O2S2. The van der Waals surface area contributed by atoms with Crippen LogP contribution in [0.3, 0.4) is 0 Å². The third-order valence-electron chi connectivity index (χ3n) is 7.32. The van der Waals surface area contributed by atoms with E-state index in [1.54, 1.807) is 4.90 Å². The Morgan fingerprint density at radius 2 is 1.62 bits per heavy atom. The lowest BCUT2D eigenvalue weighted by atomic mass is 10.0. The van der Waals surface area contributed by atoms with Crippen molar-refractivity contribution in [2.75, 3.05) is 26.2 Å². The highest BCUT2D eigenvalue weighted by Gasteiger charge is 2.30. The van der Waals surface area contributed by atoms with Gasteiger partial charge in [-0.15, -0.1) is 11.3 Å². The van der Waals surface area contributed by atoms with Crippen LogP contribution < -0.4 is 5.56 Å². The van der Waals surface area contributed by atoms with Gasteiger partial charge < -0.3 is 9.80 Å². The van der Waals surface area contributed by atoms with Gasteiger partial charge in [-0.2, -0.15) is 23.3 Å². The smallest absolute Gasteiger partial charge is 0.335 e. The molecule has 1 amide bonds. The molecule has 0 fully saturated rings. The molecule has 0 aliphatic heterocycles. The van der Waals surface area contributed by atoms with E-state index in [9.17, 15) is 22.8 Å². The molecule has 4 aromatic rings. The average Bonchev–Trinajstić information content (AvgIpc) is 3.45. The molecular weight excluding hydrogens is 643 g/mol. The number of carbonyl (C=O) groups excluding carboxylic acids is 1. The summed E-state index contributed by atoms with van der Waals surface area (Å²) in [6.07, 6.45) is -4.00. The number of benzene rings is 2. The molecule has 0 N–H and O–H groups in total. The average molecular weight is 678 g/mol. The van der Waals surface area contributed by atoms with Gasteiger partial charge in [0.1, 0.15) is 12.2 Å². The van der Waals surface area contributed by atoms with E-state index >= 15 is 0 Å². The Kier molecular flexibility index (Phi) is 12.2. The molecule has 0 aliphatic carbocycles. The van der Waals surface area contributed by atoms with Crippen molar-refractivity contribution < 1.29 is 18.0 Å². The van der Waals surface area contributed by atoms with Gasteiger partial charge in [-0.1, -0.05) is 80.5 Å². The topological polar surface area (TPSA) is 71.3 Å². The van der Waals surface area contributed by atoms with Gasteiger partial charge in [0.15, 0.2) is 5.16 Å². The third-order valence-corrected chi connectivity index (χ3v) is 9.50. The van der Waals surface area contributed by atoms with Crippen LogP contribution in [0.2, 0.25) is 4.34 Å². The number of amides is 1. The molecule has 2 aromatic heterocycles. The number of aryl methyl sites for hydroxylation is 1. The zero-order valence-electron chi connectivity index (χ0n) is 25.3. The Labute approximate surface area is 274 Å². The summed E-state index contributed by atoms with van der Waals surface area (Å²) in [5.41, 5.74) is 2.50. The Bertz CT molecular complexity index is 1620. The highest BCUT2D eigenvalue weighted by molar-refractivity contribution is 7.98. The fourth-order valence-electron chi connectivity index (χ4n) is 4.64. The third kappa shape index (κ3) is 9.65. The molecule has 0 aliphatic rings. The number of aromatic nitrogens is 3. The molecule has 4 rings (SSSR count). The Balaban J connectivity index is 1.54. The highest BCUT2D eigenvalue weighted by atomic mass is 35.5. The first kappa shape index (κ1) is 34.7. The van der Waals surface area contributed by atoms with Gasteiger partial charge in [-0.05, 0) is 65.3 Å². The number of halogens is 4. The maximum atomic E-state index is 13.8. The fourth-order valence-corrected chi connectivity index (χ4v) is 6.52. The van der Waals surface area contributed by atoms with Crippen LogP contribution in [0.1, 0.15) is 43.2 Å². The van der Waals surface area contributed by atoms with E-state index in [1.165, 1.54) is 39.9 Å². The molecule has 240 valence electrons. The summed E-state index contributed by atoms with van der Waals surface area (Å²) in [7, 11) is 0. The molecule has 0 radical (unpaired) electrons. The van der Waals surface area contributed by atoms with Crippen LogP contribution in [0.5, 0.6) is 0 Å². The van der Waals surface area contributed by atoms with Gasteiger partial charge >= 0.3 is 6.18 Å². The lowest BCUT2D eigenvalue weighted by Crippen LogP contribution is -2.40. The number of thiophene rings is 1. The zero-order chi connectivity index (χ0) is 32.6. The van der Waals surface area contributed by atoms with Crippen molar-refractivity contribution in [2.45, 2.75) is 57.4 Å². The van der Waals surface area contributed by atoms with Crippen molar-refractivity contribution in [2.24, 2.45) is 0 Å². The molecule has 13 heteroatoms. The van der Waals surface area contributed by atoms with Gasteiger partial charge in [0.2, 0.25) is 5.91 Å². The summed E-state index contributed by atoms with van der Waals surface area (Å²) in [4.78, 5) is 34.7. The molecule has 7 nitrogen and oxygen atoms in total. The first-order valence-electron chi connectivity index (χ1n) is 14.6. The second kappa shape index (κ2) is 15.9. The van der Waals surface area contributed by atoms with Gasteiger partial charge in [0.25, 0.3) is 5.56 Å². The van der Waals surface area contributed by atoms with Crippen LogP contribution in [0.4, 0.5) is 13.2 Å². The van der Waals surface area contributed by atoms with E-state index < -0.39 is 17.3 Å². The number of thioether (sulfide) groups is 1. The molecule has 0 saturated heterocycles. The number of rotatable bonds is 14. The number of hydrogen-bond acceptors (Lipinski definition) is 7. The Hall–Kier alpha value is -3.19. The molecule has 0 saturated carbocycles. The van der Waals surface area contributed by atoms with Crippen LogP contribution in [0.15, 0.2) is 69.9 Å². The first-order chi connectivity index (χ1) is 21.5. The predicted octanol–water partition coefficient (Wildman–Crippen LogP) is 7.26. The van der Waals surface area contributed by atoms with Crippen molar-refractivity contribution in [3.05, 3.63) is 97.1 Å². The second-order valence-corrected chi connectivity index (χ2v) is 12.8. The summed E-state index contributed by atoms with van der Waals surface area (Å²) in [5, 5.41) is 6.80. The first-order valence-corrected chi connectivity index (χ1v) is 16.8. The number of carbonyl (C=O) groups is 1. The van der Waals surface area contributed by atoms with Crippen LogP contribution >= 0.6 is 34.7 Å². The van der Waals surface area contributed by atoms with E-state index in [0.29, 0.717) is 52.6 Å². The van der Waals surface area contributed by atoms with Crippen LogP contribution in [0, 0.1) is 0 Å².